The Kier molecular flexibility index (Phi) is 2.80. The van der Waals surface area contributed by atoms with Crippen molar-refractivity contribution in [1.29, 1.82) is 0 Å². The van der Waals surface area contributed by atoms with E-state index in [4.69, 9.17) is 21.3 Å². The van der Waals surface area contributed by atoms with Crippen LogP contribution in [0.1, 0.15) is 5.56 Å². The van der Waals surface area contributed by atoms with Gasteiger partial charge in [-0.05, 0) is 24.6 Å². The number of aryl methyl sites for hydroxylation is 1. The average Bonchev–Trinajstić information content (AvgIpc) is 1.98. The first-order valence-electron chi connectivity index (χ1n) is 3.13. The first-order chi connectivity index (χ1) is 5.24. The number of benzene rings is 1. The fourth-order valence-corrected chi connectivity index (χ4v) is 0.920. The Bertz CT molecular complexity index is 252. The summed E-state index contributed by atoms with van der Waals surface area (Å²) in [6.45, 7) is 1.87. The Morgan fingerprint density at radius 3 is 2.91 bits per heavy atom. The largest absolute Gasteiger partial charge is 0.569 e. The molecule has 57 valence electrons. The molecule has 0 saturated carbocycles. The van der Waals surface area contributed by atoms with Crippen LogP contribution in [0.4, 0.5) is 0 Å². The molecule has 1 aromatic rings. The Morgan fingerprint density at radius 2 is 2.27 bits per heavy atom. The van der Waals surface area contributed by atoms with Crippen molar-refractivity contribution >= 4 is 19.3 Å². The third-order valence-electron chi connectivity index (χ3n) is 1.33. The van der Waals surface area contributed by atoms with Crippen LogP contribution in [0.15, 0.2) is 18.2 Å². The van der Waals surface area contributed by atoms with Gasteiger partial charge in [0.1, 0.15) is 5.75 Å². The van der Waals surface area contributed by atoms with Gasteiger partial charge in [0.05, 0.1) is 0 Å². The summed E-state index contributed by atoms with van der Waals surface area (Å²) in [5.41, 5.74) is 0.930. The van der Waals surface area contributed by atoms with Crippen LogP contribution in [0.25, 0.3) is 0 Å². The summed E-state index contributed by atoms with van der Waals surface area (Å²) in [6, 6.07) is 5.23. The molecule has 0 aliphatic rings. The van der Waals surface area contributed by atoms with Crippen molar-refractivity contribution in [1.82, 2.24) is 0 Å². The second kappa shape index (κ2) is 3.65. The van der Waals surface area contributed by atoms with Gasteiger partial charge >= 0.3 is 7.69 Å². The normalized spacial score (nSPS) is 9.36. The van der Waals surface area contributed by atoms with E-state index in [1.807, 2.05) is 13.0 Å². The molecular formula is C7H7BClO2. The van der Waals surface area contributed by atoms with Crippen molar-refractivity contribution in [3.63, 3.8) is 0 Å². The molecule has 0 spiro atoms. The zero-order chi connectivity index (χ0) is 8.27. The van der Waals surface area contributed by atoms with Crippen LogP contribution < -0.4 is 4.65 Å². The SMILES string of the molecule is Cc1ccc(Cl)cc1O[B]O. The highest BCUT2D eigenvalue weighted by molar-refractivity contribution is 6.30. The molecule has 0 aliphatic heterocycles. The number of hydrogen-bond acceptors (Lipinski definition) is 2. The van der Waals surface area contributed by atoms with E-state index in [-0.39, 0.29) is 0 Å². The quantitative estimate of drug-likeness (QED) is 0.681. The maximum absolute atomic E-state index is 8.34. The van der Waals surface area contributed by atoms with Crippen molar-refractivity contribution < 1.29 is 9.68 Å². The Balaban J connectivity index is 2.93. The molecule has 2 nitrogen and oxygen atoms in total. The third kappa shape index (κ3) is 2.14. The molecule has 0 atom stereocenters. The minimum Gasteiger partial charge on any atom is -0.537 e. The second-order valence-electron chi connectivity index (χ2n) is 2.13. The van der Waals surface area contributed by atoms with Crippen molar-refractivity contribution in [3.05, 3.63) is 28.8 Å². The molecule has 0 unspecified atom stereocenters. The smallest absolute Gasteiger partial charge is 0.537 e. The highest BCUT2D eigenvalue weighted by Crippen LogP contribution is 2.21. The number of hydrogen-bond donors (Lipinski definition) is 1. The van der Waals surface area contributed by atoms with Crippen LogP contribution in [0.3, 0.4) is 0 Å². The standard InChI is InChI=1S/C7H7BClO2/c1-5-2-3-6(9)4-7(5)11-8-10/h2-4,10H,1H3. The second-order valence-corrected chi connectivity index (χ2v) is 2.57. The number of rotatable bonds is 2. The summed E-state index contributed by atoms with van der Waals surface area (Å²) < 4.78 is 4.76. The summed E-state index contributed by atoms with van der Waals surface area (Å²) in [5.74, 6) is 0.569. The molecule has 0 aliphatic carbocycles. The molecule has 4 heteroatoms. The summed E-state index contributed by atoms with van der Waals surface area (Å²) >= 11 is 5.68. The van der Waals surface area contributed by atoms with E-state index in [1.165, 1.54) is 0 Å². The maximum atomic E-state index is 8.34. The van der Waals surface area contributed by atoms with E-state index in [2.05, 4.69) is 0 Å². The van der Waals surface area contributed by atoms with Gasteiger partial charge in [-0.1, -0.05) is 17.7 Å². The highest BCUT2D eigenvalue weighted by atomic mass is 35.5. The van der Waals surface area contributed by atoms with Crippen molar-refractivity contribution in [2.75, 3.05) is 0 Å². The van der Waals surface area contributed by atoms with Gasteiger partial charge < -0.3 is 9.68 Å². The van der Waals surface area contributed by atoms with Crippen LogP contribution >= 0.6 is 11.6 Å². The molecule has 0 saturated heterocycles. The lowest BCUT2D eigenvalue weighted by molar-refractivity contribution is 0.452. The Morgan fingerprint density at radius 1 is 1.55 bits per heavy atom. The van der Waals surface area contributed by atoms with Gasteiger partial charge in [0.25, 0.3) is 0 Å². The zero-order valence-corrected chi connectivity index (χ0v) is 6.80. The molecule has 0 amide bonds. The van der Waals surface area contributed by atoms with E-state index >= 15 is 0 Å². The molecule has 1 N–H and O–H groups in total. The predicted molar refractivity (Wildman–Crippen MR) is 44.8 cm³/mol. The van der Waals surface area contributed by atoms with Crippen LogP contribution in [0.2, 0.25) is 5.02 Å². The maximum Gasteiger partial charge on any atom is 0.569 e. The molecule has 1 aromatic carbocycles. The monoisotopic (exact) mass is 169 g/mol. The average molecular weight is 169 g/mol. The minimum atomic E-state index is 0.569. The lowest BCUT2D eigenvalue weighted by Crippen LogP contribution is -2.00. The molecular weight excluding hydrogens is 162 g/mol. The van der Waals surface area contributed by atoms with Crippen molar-refractivity contribution in [2.24, 2.45) is 0 Å². The molecule has 0 bridgehead atoms. The lowest BCUT2D eigenvalue weighted by Gasteiger charge is -2.04. The van der Waals surface area contributed by atoms with E-state index in [0.29, 0.717) is 18.5 Å². The topological polar surface area (TPSA) is 29.5 Å². The Labute approximate surface area is 71.1 Å². The van der Waals surface area contributed by atoms with E-state index in [1.54, 1.807) is 12.1 Å². The molecule has 0 heterocycles. The summed E-state index contributed by atoms with van der Waals surface area (Å²) in [5, 5.41) is 8.93. The molecule has 0 fully saturated rings. The van der Waals surface area contributed by atoms with E-state index in [9.17, 15) is 0 Å². The van der Waals surface area contributed by atoms with Crippen LogP contribution in [-0.2, 0) is 0 Å². The zero-order valence-electron chi connectivity index (χ0n) is 6.04. The fourth-order valence-electron chi connectivity index (χ4n) is 0.758. The predicted octanol–water partition coefficient (Wildman–Crippen LogP) is 1.55. The molecule has 0 aromatic heterocycles. The molecule has 11 heavy (non-hydrogen) atoms. The fraction of sp³-hybridized carbons (Fsp3) is 0.143. The molecule has 1 radical (unpaired) electrons. The van der Waals surface area contributed by atoms with Gasteiger partial charge in [-0.15, -0.1) is 0 Å². The van der Waals surface area contributed by atoms with Crippen molar-refractivity contribution in [3.8, 4) is 5.75 Å². The van der Waals surface area contributed by atoms with Gasteiger partial charge in [0.15, 0.2) is 0 Å². The van der Waals surface area contributed by atoms with Gasteiger partial charge in [0.2, 0.25) is 0 Å². The van der Waals surface area contributed by atoms with Crippen LogP contribution in [0, 0.1) is 6.92 Å². The Hall–Kier alpha value is -0.665. The summed E-state index contributed by atoms with van der Waals surface area (Å²) in [7, 11) is 0.638. The van der Waals surface area contributed by atoms with Gasteiger partial charge in [-0.2, -0.15) is 0 Å². The molecule has 1 rings (SSSR count). The van der Waals surface area contributed by atoms with Gasteiger partial charge in [-0.3, -0.25) is 0 Å². The van der Waals surface area contributed by atoms with Gasteiger partial charge in [-0.25, -0.2) is 0 Å². The third-order valence-corrected chi connectivity index (χ3v) is 1.56. The van der Waals surface area contributed by atoms with E-state index < -0.39 is 0 Å². The van der Waals surface area contributed by atoms with Crippen LogP contribution in [-0.4, -0.2) is 12.7 Å². The van der Waals surface area contributed by atoms with Crippen LogP contribution in [0.5, 0.6) is 5.75 Å². The summed E-state index contributed by atoms with van der Waals surface area (Å²) in [4.78, 5) is 0. The summed E-state index contributed by atoms with van der Waals surface area (Å²) in [6.07, 6.45) is 0. The first-order valence-corrected chi connectivity index (χ1v) is 3.50. The highest BCUT2D eigenvalue weighted by Gasteiger charge is 1.99. The van der Waals surface area contributed by atoms with Crippen molar-refractivity contribution in [2.45, 2.75) is 6.92 Å². The lowest BCUT2D eigenvalue weighted by atomic mass is 10.2. The number of halogens is 1. The first kappa shape index (κ1) is 8.43. The minimum absolute atomic E-state index is 0.569. The van der Waals surface area contributed by atoms with E-state index in [0.717, 1.165) is 5.56 Å². The van der Waals surface area contributed by atoms with Gasteiger partial charge in [0, 0.05) is 5.02 Å².